The molecule has 0 bridgehead atoms. The molecule has 2 N–H and O–H groups in total. The standard InChI is InChI=1S/C14H22FNO/c1-10(2)14(9-17)16-11(3)8-12-4-6-13(15)7-5-12/h4-7,10-11,14,16-17H,8-9H2,1-3H3. The van der Waals surface area contributed by atoms with Gasteiger partial charge >= 0.3 is 0 Å². The molecule has 1 aromatic rings. The largest absolute Gasteiger partial charge is 0.395 e. The molecule has 0 heterocycles. The van der Waals surface area contributed by atoms with Crippen LogP contribution >= 0.6 is 0 Å². The van der Waals surface area contributed by atoms with Gasteiger partial charge in [-0.3, -0.25) is 0 Å². The molecule has 2 atom stereocenters. The molecule has 3 heteroatoms. The monoisotopic (exact) mass is 239 g/mol. The van der Waals surface area contributed by atoms with Gasteiger partial charge in [-0.05, 0) is 37.0 Å². The van der Waals surface area contributed by atoms with Crippen LogP contribution in [-0.4, -0.2) is 23.8 Å². The average Bonchev–Trinajstić information content (AvgIpc) is 2.28. The van der Waals surface area contributed by atoms with Gasteiger partial charge in [-0.25, -0.2) is 4.39 Å². The van der Waals surface area contributed by atoms with Crippen molar-refractivity contribution in [3.8, 4) is 0 Å². The third kappa shape index (κ3) is 4.84. The SMILES string of the molecule is CC(Cc1ccc(F)cc1)NC(CO)C(C)C. The maximum Gasteiger partial charge on any atom is 0.123 e. The highest BCUT2D eigenvalue weighted by atomic mass is 19.1. The molecule has 17 heavy (non-hydrogen) atoms. The van der Waals surface area contributed by atoms with Gasteiger partial charge in [0, 0.05) is 12.1 Å². The smallest absolute Gasteiger partial charge is 0.123 e. The molecule has 0 aliphatic heterocycles. The summed E-state index contributed by atoms with van der Waals surface area (Å²) in [6.45, 7) is 6.39. The van der Waals surface area contributed by atoms with E-state index in [1.807, 2.05) is 0 Å². The quantitative estimate of drug-likeness (QED) is 0.798. The van der Waals surface area contributed by atoms with Crippen molar-refractivity contribution < 1.29 is 9.50 Å². The van der Waals surface area contributed by atoms with E-state index in [2.05, 4.69) is 26.1 Å². The minimum atomic E-state index is -0.204. The average molecular weight is 239 g/mol. The Hall–Kier alpha value is -0.930. The summed E-state index contributed by atoms with van der Waals surface area (Å²) in [5.74, 6) is 0.195. The highest BCUT2D eigenvalue weighted by Crippen LogP contribution is 2.08. The minimum Gasteiger partial charge on any atom is -0.395 e. The van der Waals surface area contributed by atoms with Gasteiger partial charge in [0.1, 0.15) is 5.82 Å². The summed E-state index contributed by atoms with van der Waals surface area (Å²) < 4.78 is 12.7. The molecule has 2 unspecified atom stereocenters. The summed E-state index contributed by atoms with van der Waals surface area (Å²) in [7, 11) is 0. The first-order chi connectivity index (χ1) is 8.02. The molecular formula is C14H22FNO. The zero-order valence-corrected chi connectivity index (χ0v) is 10.8. The molecule has 0 aliphatic carbocycles. The maximum absolute atomic E-state index is 12.7. The molecule has 0 radical (unpaired) electrons. The first-order valence-corrected chi connectivity index (χ1v) is 6.14. The van der Waals surface area contributed by atoms with Gasteiger partial charge in [-0.2, -0.15) is 0 Å². The van der Waals surface area contributed by atoms with Gasteiger partial charge < -0.3 is 10.4 Å². The predicted molar refractivity (Wildman–Crippen MR) is 68.4 cm³/mol. The van der Waals surface area contributed by atoms with E-state index in [-0.39, 0.29) is 24.5 Å². The van der Waals surface area contributed by atoms with E-state index < -0.39 is 0 Å². The molecule has 1 aromatic carbocycles. The second-order valence-corrected chi connectivity index (χ2v) is 4.93. The Kier molecular flexibility index (Phi) is 5.59. The number of rotatable bonds is 6. The number of benzene rings is 1. The first kappa shape index (κ1) is 14.1. The molecule has 0 aromatic heterocycles. The fourth-order valence-corrected chi connectivity index (χ4v) is 1.85. The van der Waals surface area contributed by atoms with Gasteiger partial charge in [0.25, 0.3) is 0 Å². The molecule has 0 aliphatic rings. The van der Waals surface area contributed by atoms with E-state index in [9.17, 15) is 9.50 Å². The molecule has 0 fully saturated rings. The summed E-state index contributed by atoms with van der Waals surface area (Å²) in [5.41, 5.74) is 1.10. The lowest BCUT2D eigenvalue weighted by Crippen LogP contribution is -2.43. The number of aliphatic hydroxyl groups is 1. The Morgan fingerprint density at radius 3 is 2.24 bits per heavy atom. The highest BCUT2D eigenvalue weighted by Gasteiger charge is 2.14. The van der Waals surface area contributed by atoms with E-state index in [1.54, 1.807) is 12.1 Å². The third-order valence-corrected chi connectivity index (χ3v) is 2.96. The van der Waals surface area contributed by atoms with Crippen molar-refractivity contribution in [3.05, 3.63) is 35.6 Å². The lowest BCUT2D eigenvalue weighted by atomic mass is 10.0. The number of nitrogens with one attached hydrogen (secondary N) is 1. The fourth-order valence-electron chi connectivity index (χ4n) is 1.85. The van der Waals surface area contributed by atoms with Crippen LogP contribution in [0.5, 0.6) is 0 Å². The molecule has 1 rings (SSSR count). The van der Waals surface area contributed by atoms with E-state index in [0.717, 1.165) is 12.0 Å². The van der Waals surface area contributed by atoms with Crippen molar-refractivity contribution >= 4 is 0 Å². The normalized spacial score (nSPS) is 14.9. The summed E-state index contributed by atoms with van der Waals surface area (Å²) in [6.07, 6.45) is 0.837. The fraction of sp³-hybridized carbons (Fsp3) is 0.571. The maximum atomic E-state index is 12.7. The number of halogens is 1. The Morgan fingerprint density at radius 1 is 1.18 bits per heavy atom. The van der Waals surface area contributed by atoms with Crippen LogP contribution in [0.1, 0.15) is 26.3 Å². The Labute approximate surface area is 103 Å². The molecule has 96 valence electrons. The van der Waals surface area contributed by atoms with E-state index in [1.165, 1.54) is 12.1 Å². The van der Waals surface area contributed by atoms with Crippen molar-refractivity contribution in [2.24, 2.45) is 5.92 Å². The minimum absolute atomic E-state index is 0.116. The summed E-state index contributed by atoms with van der Waals surface area (Å²) in [6, 6.07) is 6.95. The summed E-state index contributed by atoms with van der Waals surface area (Å²) in [4.78, 5) is 0. The van der Waals surface area contributed by atoms with Crippen molar-refractivity contribution in [1.29, 1.82) is 0 Å². The van der Waals surface area contributed by atoms with Gasteiger partial charge in [-0.1, -0.05) is 26.0 Å². The zero-order chi connectivity index (χ0) is 12.8. The number of hydrogen-bond acceptors (Lipinski definition) is 2. The number of aliphatic hydroxyl groups excluding tert-OH is 1. The zero-order valence-electron chi connectivity index (χ0n) is 10.8. The molecular weight excluding hydrogens is 217 g/mol. The van der Waals surface area contributed by atoms with Crippen LogP contribution < -0.4 is 5.32 Å². The van der Waals surface area contributed by atoms with Gasteiger partial charge in [-0.15, -0.1) is 0 Å². The van der Waals surface area contributed by atoms with Crippen molar-refractivity contribution in [1.82, 2.24) is 5.32 Å². The Bertz CT molecular complexity index is 323. The Morgan fingerprint density at radius 2 is 1.76 bits per heavy atom. The van der Waals surface area contributed by atoms with Gasteiger partial charge in [0.2, 0.25) is 0 Å². The topological polar surface area (TPSA) is 32.3 Å². The van der Waals surface area contributed by atoms with E-state index in [4.69, 9.17) is 0 Å². The van der Waals surface area contributed by atoms with Crippen LogP contribution in [0, 0.1) is 11.7 Å². The summed E-state index contributed by atoms with van der Waals surface area (Å²) in [5, 5.41) is 12.6. The van der Waals surface area contributed by atoms with Crippen LogP contribution in [0.2, 0.25) is 0 Å². The highest BCUT2D eigenvalue weighted by molar-refractivity contribution is 5.17. The van der Waals surface area contributed by atoms with Gasteiger partial charge in [0.15, 0.2) is 0 Å². The van der Waals surface area contributed by atoms with Crippen LogP contribution in [0.3, 0.4) is 0 Å². The lowest BCUT2D eigenvalue weighted by molar-refractivity contribution is 0.201. The van der Waals surface area contributed by atoms with Crippen LogP contribution in [0.4, 0.5) is 4.39 Å². The van der Waals surface area contributed by atoms with Crippen LogP contribution in [-0.2, 0) is 6.42 Å². The van der Waals surface area contributed by atoms with E-state index >= 15 is 0 Å². The van der Waals surface area contributed by atoms with E-state index in [0.29, 0.717) is 5.92 Å². The van der Waals surface area contributed by atoms with Crippen LogP contribution in [0.25, 0.3) is 0 Å². The second kappa shape index (κ2) is 6.72. The molecule has 0 amide bonds. The molecule has 0 spiro atoms. The number of hydrogen-bond donors (Lipinski definition) is 2. The van der Waals surface area contributed by atoms with Gasteiger partial charge in [0.05, 0.1) is 6.61 Å². The van der Waals surface area contributed by atoms with Crippen molar-refractivity contribution in [2.45, 2.75) is 39.3 Å². The third-order valence-electron chi connectivity index (χ3n) is 2.96. The second-order valence-electron chi connectivity index (χ2n) is 4.93. The predicted octanol–water partition coefficient (Wildman–Crippen LogP) is 2.36. The molecule has 0 saturated carbocycles. The molecule has 0 saturated heterocycles. The van der Waals surface area contributed by atoms with Crippen LogP contribution in [0.15, 0.2) is 24.3 Å². The summed E-state index contributed by atoms with van der Waals surface area (Å²) >= 11 is 0. The van der Waals surface area contributed by atoms with Crippen molar-refractivity contribution in [2.75, 3.05) is 6.61 Å². The van der Waals surface area contributed by atoms with Crippen molar-refractivity contribution in [3.63, 3.8) is 0 Å². The Balaban J connectivity index is 2.48. The lowest BCUT2D eigenvalue weighted by Gasteiger charge is -2.24. The first-order valence-electron chi connectivity index (χ1n) is 6.14. The molecule has 2 nitrogen and oxygen atoms in total.